The first-order valence-corrected chi connectivity index (χ1v) is 7.62. The Hall–Kier alpha value is -2.01. The average molecular weight is 283 g/mol. The second-order valence-corrected chi connectivity index (χ2v) is 5.53. The van der Waals surface area contributed by atoms with Gasteiger partial charge in [0.1, 0.15) is 5.84 Å². The minimum Gasteiger partial charge on any atom is -0.308 e. The van der Waals surface area contributed by atoms with E-state index >= 15 is 0 Å². The molecule has 1 saturated carbocycles. The van der Waals surface area contributed by atoms with Gasteiger partial charge in [-0.05, 0) is 31.0 Å². The summed E-state index contributed by atoms with van der Waals surface area (Å²) in [5.41, 5.74) is 5.46. The molecule has 0 spiro atoms. The lowest BCUT2D eigenvalue weighted by Crippen LogP contribution is -2.32. The fourth-order valence-electron chi connectivity index (χ4n) is 2.88. The first kappa shape index (κ1) is 13.9. The number of fused-ring (bicyclic) bond motifs is 1. The number of nitrogens with one attached hydrogen (secondary N) is 1. The summed E-state index contributed by atoms with van der Waals surface area (Å²) >= 11 is 0. The van der Waals surface area contributed by atoms with Crippen molar-refractivity contribution in [3.8, 4) is 0 Å². The number of nitrogens with two attached hydrogens (primary N) is 1. The summed E-state index contributed by atoms with van der Waals surface area (Å²) in [6.45, 7) is 0. The number of rotatable bonds is 2. The normalized spacial score (nSPS) is 17.7. The smallest absolute Gasteiger partial charge is 0.142 e. The monoisotopic (exact) mass is 283 g/mol. The van der Waals surface area contributed by atoms with Crippen LogP contribution in [-0.4, -0.2) is 21.8 Å². The van der Waals surface area contributed by atoms with Crippen LogP contribution in [0.25, 0.3) is 11.0 Å². The van der Waals surface area contributed by atoms with Gasteiger partial charge in [-0.25, -0.2) is 5.84 Å². The Labute approximate surface area is 124 Å². The zero-order valence-corrected chi connectivity index (χ0v) is 12.1. The molecular weight excluding hydrogens is 262 g/mol. The molecule has 0 amide bonds. The topological polar surface area (TPSA) is 76.2 Å². The third kappa shape index (κ3) is 3.36. The second-order valence-electron chi connectivity index (χ2n) is 5.53. The van der Waals surface area contributed by atoms with Crippen molar-refractivity contribution in [1.82, 2.24) is 15.4 Å². The Morgan fingerprint density at radius 2 is 1.76 bits per heavy atom. The molecular formula is C16H21N5. The predicted molar refractivity (Wildman–Crippen MR) is 84.9 cm³/mol. The standard InChI is InChI=1S/C16H21N5/c17-21-16(20-13-5-3-1-2-4-6-13)12-7-8-14-15(11-12)19-10-9-18-14/h7-11,13H,1-6,17H2,(H,20,21). The van der Waals surface area contributed by atoms with E-state index in [9.17, 15) is 0 Å². The van der Waals surface area contributed by atoms with Crippen LogP contribution in [0.5, 0.6) is 0 Å². The summed E-state index contributed by atoms with van der Waals surface area (Å²) in [6, 6.07) is 6.30. The van der Waals surface area contributed by atoms with Gasteiger partial charge in [-0.2, -0.15) is 0 Å². The van der Waals surface area contributed by atoms with Gasteiger partial charge in [-0.15, -0.1) is 0 Å². The Kier molecular flexibility index (Phi) is 4.40. The van der Waals surface area contributed by atoms with Gasteiger partial charge in [0.2, 0.25) is 0 Å². The summed E-state index contributed by atoms with van der Waals surface area (Å²) in [7, 11) is 0. The van der Waals surface area contributed by atoms with Gasteiger partial charge < -0.3 is 5.43 Å². The van der Waals surface area contributed by atoms with Crippen LogP contribution in [0, 0.1) is 0 Å². The first-order valence-electron chi connectivity index (χ1n) is 7.62. The van der Waals surface area contributed by atoms with Gasteiger partial charge in [-0.1, -0.05) is 25.7 Å². The number of hydrazine groups is 1. The van der Waals surface area contributed by atoms with Crippen molar-refractivity contribution in [2.75, 3.05) is 0 Å². The number of benzene rings is 1. The van der Waals surface area contributed by atoms with Crippen LogP contribution in [0.3, 0.4) is 0 Å². The molecule has 1 aromatic carbocycles. The van der Waals surface area contributed by atoms with E-state index in [0.29, 0.717) is 6.04 Å². The van der Waals surface area contributed by atoms with E-state index < -0.39 is 0 Å². The molecule has 1 heterocycles. The second kappa shape index (κ2) is 6.63. The van der Waals surface area contributed by atoms with Crippen molar-refractivity contribution in [3.63, 3.8) is 0 Å². The molecule has 2 aromatic rings. The largest absolute Gasteiger partial charge is 0.308 e. The van der Waals surface area contributed by atoms with Crippen molar-refractivity contribution < 1.29 is 0 Å². The molecule has 1 aliphatic carbocycles. The van der Waals surface area contributed by atoms with E-state index in [2.05, 4.69) is 15.4 Å². The zero-order valence-electron chi connectivity index (χ0n) is 12.1. The summed E-state index contributed by atoms with van der Waals surface area (Å²) < 4.78 is 0. The number of hydrogen-bond donors (Lipinski definition) is 2. The van der Waals surface area contributed by atoms with Crippen molar-refractivity contribution >= 4 is 16.9 Å². The fraction of sp³-hybridized carbons (Fsp3) is 0.438. The number of nitrogens with zero attached hydrogens (tertiary/aromatic N) is 3. The zero-order chi connectivity index (χ0) is 14.5. The highest BCUT2D eigenvalue weighted by atomic mass is 15.3. The minimum atomic E-state index is 0.371. The van der Waals surface area contributed by atoms with E-state index in [1.807, 2.05) is 18.2 Å². The summed E-state index contributed by atoms with van der Waals surface area (Å²) in [6.07, 6.45) is 10.9. The molecule has 0 unspecified atom stereocenters. The van der Waals surface area contributed by atoms with Crippen molar-refractivity contribution in [3.05, 3.63) is 36.2 Å². The predicted octanol–water partition coefficient (Wildman–Crippen LogP) is 2.56. The lowest BCUT2D eigenvalue weighted by Gasteiger charge is -2.13. The van der Waals surface area contributed by atoms with Gasteiger partial charge in [0.05, 0.1) is 17.1 Å². The van der Waals surface area contributed by atoms with E-state index in [1.165, 1.54) is 25.7 Å². The van der Waals surface area contributed by atoms with Crippen LogP contribution >= 0.6 is 0 Å². The summed E-state index contributed by atoms with van der Waals surface area (Å²) in [5, 5.41) is 0. The van der Waals surface area contributed by atoms with Crippen molar-refractivity contribution in [2.45, 2.75) is 44.6 Å². The third-order valence-corrected chi connectivity index (χ3v) is 4.02. The fourth-order valence-corrected chi connectivity index (χ4v) is 2.88. The number of aliphatic imine (C=N–C) groups is 1. The highest BCUT2D eigenvalue weighted by molar-refractivity contribution is 6.00. The lowest BCUT2D eigenvalue weighted by molar-refractivity contribution is 0.583. The molecule has 0 saturated heterocycles. The summed E-state index contributed by atoms with van der Waals surface area (Å²) in [5.74, 6) is 6.43. The molecule has 21 heavy (non-hydrogen) atoms. The average Bonchev–Trinajstić information content (AvgIpc) is 2.81. The third-order valence-electron chi connectivity index (χ3n) is 4.02. The number of aromatic nitrogens is 2. The quantitative estimate of drug-likeness (QED) is 0.292. The van der Waals surface area contributed by atoms with Gasteiger partial charge in [0.15, 0.2) is 0 Å². The van der Waals surface area contributed by atoms with Gasteiger partial charge >= 0.3 is 0 Å². The Morgan fingerprint density at radius 1 is 1.05 bits per heavy atom. The van der Waals surface area contributed by atoms with Crippen LogP contribution in [0.2, 0.25) is 0 Å². The minimum absolute atomic E-state index is 0.371. The van der Waals surface area contributed by atoms with E-state index in [-0.39, 0.29) is 0 Å². The molecule has 0 aliphatic heterocycles. The molecule has 0 bridgehead atoms. The number of hydrogen-bond acceptors (Lipinski definition) is 4. The van der Waals surface area contributed by atoms with Crippen LogP contribution in [-0.2, 0) is 0 Å². The lowest BCUT2D eigenvalue weighted by atomic mass is 10.1. The Bertz CT molecular complexity index is 629. The first-order chi connectivity index (χ1) is 10.4. The molecule has 5 nitrogen and oxygen atoms in total. The molecule has 110 valence electrons. The molecule has 3 rings (SSSR count). The SMILES string of the molecule is NNC(=NC1CCCCCC1)c1ccc2nccnc2c1. The molecule has 0 atom stereocenters. The molecule has 0 radical (unpaired) electrons. The van der Waals surface area contributed by atoms with Gasteiger partial charge in [0.25, 0.3) is 0 Å². The molecule has 1 aliphatic rings. The molecule has 5 heteroatoms. The van der Waals surface area contributed by atoms with E-state index in [0.717, 1.165) is 35.3 Å². The Balaban J connectivity index is 1.89. The van der Waals surface area contributed by atoms with E-state index in [4.69, 9.17) is 10.8 Å². The maximum absolute atomic E-state index is 5.69. The van der Waals surface area contributed by atoms with E-state index in [1.54, 1.807) is 12.4 Å². The summed E-state index contributed by atoms with van der Waals surface area (Å²) in [4.78, 5) is 13.4. The highest BCUT2D eigenvalue weighted by Gasteiger charge is 2.13. The van der Waals surface area contributed by atoms with Crippen LogP contribution in [0.4, 0.5) is 0 Å². The highest BCUT2D eigenvalue weighted by Crippen LogP contribution is 2.20. The van der Waals surface area contributed by atoms with Gasteiger partial charge in [-0.3, -0.25) is 15.0 Å². The Morgan fingerprint density at radius 3 is 2.48 bits per heavy atom. The van der Waals surface area contributed by atoms with Crippen LogP contribution in [0.15, 0.2) is 35.6 Å². The molecule has 1 aromatic heterocycles. The molecule has 3 N–H and O–H groups in total. The van der Waals surface area contributed by atoms with Crippen LogP contribution < -0.4 is 11.3 Å². The van der Waals surface area contributed by atoms with Crippen LogP contribution in [0.1, 0.15) is 44.1 Å². The maximum Gasteiger partial charge on any atom is 0.142 e. The maximum atomic E-state index is 5.69. The van der Waals surface area contributed by atoms with Crippen molar-refractivity contribution in [1.29, 1.82) is 0 Å². The van der Waals surface area contributed by atoms with Crippen molar-refractivity contribution in [2.24, 2.45) is 10.8 Å². The van der Waals surface area contributed by atoms with Gasteiger partial charge in [0, 0.05) is 18.0 Å². The number of amidine groups is 1. The molecule has 1 fully saturated rings.